The van der Waals surface area contributed by atoms with E-state index in [0.29, 0.717) is 11.6 Å². The average molecular weight is 318 g/mol. The topological polar surface area (TPSA) is 61.2 Å². The van der Waals surface area contributed by atoms with Crippen LogP contribution < -0.4 is 0 Å². The number of sulfonamides is 1. The zero-order valence-electron chi connectivity index (χ0n) is 11.4. The number of likely N-dealkylation sites (N-methyl/N-ethyl adjacent to an activating group) is 1. The molecule has 0 saturated carbocycles. The quantitative estimate of drug-likeness (QED) is 0.802. The van der Waals surface area contributed by atoms with Crippen LogP contribution in [0.5, 0.6) is 0 Å². The summed E-state index contributed by atoms with van der Waals surface area (Å²) in [4.78, 5) is -0.365. The summed E-state index contributed by atoms with van der Waals surface area (Å²) < 4.78 is 63.4. The van der Waals surface area contributed by atoms with Crippen molar-refractivity contribution < 1.29 is 21.6 Å². The number of nitrogens with zero attached hydrogens (tertiary/aromatic N) is 2. The average Bonchev–Trinajstić information content (AvgIpc) is 2.35. The van der Waals surface area contributed by atoms with E-state index in [1.54, 1.807) is 6.92 Å². The van der Waals surface area contributed by atoms with Gasteiger partial charge in [-0.05, 0) is 25.1 Å². The predicted octanol–water partition coefficient (Wildman–Crippen LogP) is 2.77. The van der Waals surface area contributed by atoms with Crippen LogP contribution in [0.3, 0.4) is 0 Å². The van der Waals surface area contributed by atoms with E-state index >= 15 is 0 Å². The van der Waals surface area contributed by atoms with Gasteiger partial charge in [0.15, 0.2) is 0 Å². The zero-order chi connectivity index (χ0) is 16.4. The van der Waals surface area contributed by atoms with Gasteiger partial charge in [0.2, 0.25) is 10.0 Å². The highest BCUT2D eigenvalue weighted by molar-refractivity contribution is 7.89. The fourth-order valence-corrected chi connectivity index (χ4v) is 2.93. The summed E-state index contributed by atoms with van der Waals surface area (Å²) in [6, 6.07) is 3.54. The molecule has 1 aromatic rings. The molecule has 114 valence electrons. The molecule has 0 amide bonds. The monoisotopic (exact) mass is 318 g/mol. The smallest absolute Gasteiger partial charge is 0.207 e. The molecule has 21 heavy (non-hydrogen) atoms. The van der Waals surface area contributed by atoms with Crippen LogP contribution >= 0.6 is 0 Å². The molecular formula is C13H13F3N2O2S. The summed E-state index contributed by atoms with van der Waals surface area (Å²) in [7, 11) is -2.69. The maximum Gasteiger partial charge on any atom is 0.417 e. The lowest BCUT2D eigenvalue weighted by molar-refractivity contribution is -0.137. The molecule has 0 spiro atoms. The SMILES string of the molecule is C=C(C)CN(C)S(=O)(=O)c1ccc(C(F)(F)F)c(C#N)c1. The van der Waals surface area contributed by atoms with Gasteiger partial charge in [-0.2, -0.15) is 22.7 Å². The van der Waals surface area contributed by atoms with Gasteiger partial charge in [0.05, 0.1) is 22.1 Å². The molecule has 1 aromatic carbocycles. The molecule has 0 saturated heterocycles. The number of rotatable bonds is 4. The van der Waals surface area contributed by atoms with Gasteiger partial charge < -0.3 is 0 Å². The van der Waals surface area contributed by atoms with Crippen LogP contribution in [0, 0.1) is 11.3 Å². The lowest BCUT2D eigenvalue weighted by atomic mass is 10.1. The van der Waals surface area contributed by atoms with Crippen LogP contribution in [0.15, 0.2) is 35.2 Å². The Morgan fingerprint density at radius 2 is 2.00 bits per heavy atom. The van der Waals surface area contributed by atoms with Crippen molar-refractivity contribution in [3.63, 3.8) is 0 Å². The van der Waals surface area contributed by atoms with E-state index in [-0.39, 0.29) is 11.4 Å². The van der Waals surface area contributed by atoms with E-state index in [1.165, 1.54) is 13.1 Å². The normalized spacial score (nSPS) is 12.2. The fraction of sp³-hybridized carbons (Fsp3) is 0.308. The highest BCUT2D eigenvalue weighted by Gasteiger charge is 2.34. The number of hydrogen-bond donors (Lipinski definition) is 0. The van der Waals surface area contributed by atoms with Crippen molar-refractivity contribution in [3.05, 3.63) is 41.5 Å². The first-order valence-corrected chi connectivity index (χ1v) is 7.16. The molecule has 0 aromatic heterocycles. The maximum atomic E-state index is 12.7. The van der Waals surface area contributed by atoms with Crippen molar-refractivity contribution in [2.24, 2.45) is 0 Å². The van der Waals surface area contributed by atoms with Crippen LogP contribution in [0.4, 0.5) is 13.2 Å². The molecule has 0 fully saturated rings. The van der Waals surface area contributed by atoms with Crippen molar-refractivity contribution in [1.29, 1.82) is 5.26 Å². The molecule has 0 aliphatic heterocycles. The Bertz CT molecular complexity index is 703. The highest BCUT2D eigenvalue weighted by Crippen LogP contribution is 2.33. The second-order valence-corrected chi connectivity index (χ2v) is 6.58. The minimum atomic E-state index is -4.71. The Labute approximate surface area is 121 Å². The molecule has 0 aliphatic carbocycles. The summed E-state index contributed by atoms with van der Waals surface area (Å²) in [5.74, 6) is 0. The third-order valence-corrected chi connectivity index (χ3v) is 4.42. The van der Waals surface area contributed by atoms with Crippen LogP contribution in [0.1, 0.15) is 18.1 Å². The van der Waals surface area contributed by atoms with Gasteiger partial charge in [-0.1, -0.05) is 12.2 Å². The molecular weight excluding hydrogens is 305 g/mol. The molecule has 0 bridgehead atoms. The van der Waals surface area contributed by atoms with Crippen LogP contribution in [-0.4, -0.2) is 26.3 Å². The predicted molar refractivity (Wildman–Crippen MR) is 70.8 cm³/mol. The Kier molecular flexibility index (Phi) is 4.81. The van der Waals surface area contributed by atoms with Gasteiger partial charge >= 0.3 is 6.18 Å². The summed E-state index contributed by atoms with van der Waals surface area (Å²) in [6.07, 6.45) is -4.71. The Morgan fingerprint density at radius 3 is 2.43 bits per heavy atom. The number of nitriles is 1. The van der Waals surface area contributed by atoms with Crippen LogP contribution in [0.2, 0.25) is 0 Å². The number of benzene rings is 1. The largest absolute Gasteiger partial charge is 0.417 e. The molecule has 8 heteroatoms. The summed E-state index contributed by atoms with van der Waals surface area (Å²) in [6.45, 7) is 5.23. The molecule has 0 atom stereocenters. The second-order valence-electron chi connectivity index (χ2n) is 4.54. The van der Waals surface area contributed by atoms with Gasteiger partial charge in [0.1, 0.15) is 0 Å². The number of hydrogen-bond acceptors (Lipinski definition) is 3. The second kappa shape index (κ2) is 5.87. The third-order valence-electron chi connectivity index (χ3n) is 2.62. The van der Waals surface area contributed by atoms with E-state index in [9.17, 15) is 21.6 Å². The Morgan fingerprint density at radius 1 is 1.43 bits per heavy atom. The lowest BCUT2D eigenvalue weighted by Crippen LogP contribution is -2.28. The van der Waals surface area contributed by atoms with Crippen LogP contribution in [0.25, 0.3) is 0 Å². The van der Waals surface area contributed by atoms with E-state index < -0.39 is 27.3 Å². The van der Waals surface area contributed by atoms with Crippen molar-refractivity contribution in [1.82, 2.24) is 4.31 Å². The van der Waals surface area contributed by atoms with Gasteiger partial charge in [0.25, 0.3) is 0 Å². The minimum absolute atomic E-state index is 0.0330. The van der Waals surface area contributed by atoms with Gasteiger partial charge in [-0.3, -0.25) is 0 Å². The third kappa shape index (κ3) is 3.83. The first-order valence-electron chi connectivity index (χ1n) is 5.72. The molecule has 0 N–H and O–H groups in total. The van der Waals surface area contributed by atoms with Crippen LogP contribution in [-0.2, 0) is 16.2 Å². The van der Waals surface area contributed by atoms with E-state index in [4.69, 9.17) is 5.26 Å². The van der Waals surface area contributed by atoms with Gasteiger partial charge in [0, 0.05) is 13.6 Å². The van der Waals surface area contributed by atoms with E-state index in [0.717, 1.165) is 16.4 Å². The summed E-state index contributed by atoms with van der Waals surface area (Å²) in [5, 5.41) is 8.78. The van der Waals surface area contributed by atoms with Crippen molar-refractivity contribution in [3.8, 4) is 6.07 Å². The number of alkyl halides is 3. The summed E-state index contributed by atoms with van der Waals surface area (Å²) >= 11 is 0. The molecule has 0 radical (unpaired) electrons. The molecule has 1 rings (SSSR count). The van der Waals surface area contributed by atoms with Crippen molar-refractivity contribution >= 4 is 10.0 Å². The van der Waals surface area contributed by atoms with E-state index in [2.05, 4.69) is 6.58 Å². The lowest BCUT2D eigenvalue weighted by Gasteiger charge is -2.18. The first kappa shape index (κ1) is 17.2. The van der Waals surface area contributed by atoms with Gasteiger partial charge in [-0.15, -0.1) is 0 Å². The number of halogens is 3. The first-order chi connectivity index (χ1) is 9.50. The van der Waals surface area contributed by atoms with Gasteiger partial charge in [-0.25, -0.2) is 8.42 Å². The van der Waals surface area contributed by atoms with Crippen molar-refractivity contribution in [2.75, 3.05) is 13.6 Å². The highest BCUT2D eigenvalue weighted by atomic mass is 32.2. The molecule has 0 aliphatic rings. The Balaban J connectivity index is 3.34. The molecule has 4 nitrogen and oxygen atoms in total. The summed E-state index contributed by atoms with van der Waals surface area (Å²) in [5.41, 5.74) is -1.31. The fourth-order valence-electron chi connectivity index (χ4n) is 1.67. The Hall–Kier alpha value is -1.85. The zero-order valence-corrected chi connectivity index (χ0v) is 12.2. The van der Waals surface area contributed by atoms with E-state index in [1.807, 2.05) is 0 Å². The standard InChI is InChI=1S/C13H13F3N2O2S/c1-9(2)8-18(3)21(19,20)11-4-5-12(13(14,15)16)10(6-11)7-17/h4-6H,1,8H2,2-3H3. The molecule has 0 heterocycles. The maximum absolute atomic E-state index is 12.7. The minimum Gasteiger partial charge on any atom is -0.207 e. The molecule has 0 unspecified atom stereocenters. The van der Waals surface area contributed by atoms with Crippen molar-refractivity contribution in [2.45, 2.75) is 18.0 Å².